The Hall–Kier alpha value is -0.780. The molecule has 4 nitrogen and oxygen atoms in total. The third-order valence-electron chi connectivity index (χ3n) is 4.16. The lowest BCUT2D eigenvalue weighted by molar-refractivity contribution is -0.116. The molecule has 1 unspecified atom stereocenters. The minimum atomic E-state index is 0.0682. The van der Waals surface area contributed by atoms with E-state index in [1.807, 2.05) is 23.9 Å². The number of hydrogen-bond donors (Lipinski definition) is 1. The van der Waals surface area contributed by atoms with E-state index < -0.39 is 0 Å². The molecule has 2 saturated heterocycles. The van der Waals surface area contributed by atoms with Crippen molar-refractivity contribution >= 4 is 11.8 Å². The van der Waals surface area contributed by atoms with Crippen LogP contribution in [0.25, 0.3) is 0 Å². The van der Waals surface area contributed by atoms with E-state index in [1.165, 1.54) is 11.5 Å². The number of nitrogens with zero attached hydrogens (tertiary/aromatic N) is 1. The highest BCUT2D eigenvalue weighted by atomic mass is 32.2. The zero-order chi connectivity index (χ0) is 13.8. The lowest BCUT2D eigenvalue weighted by atomic mass is 9.86. The average Bonchev–Trinajstić information content (AvgIpc) is 2.49. The van der Waals surface area contributed by atoms with E-state index >= 15 is 0 Å². The van der Waals surface area contributed by atoms with Crippen molar-refractivity contribution in [2.24, 2.45) is 5.73 Å². The molecule has 5 heteroatoms. The largest absolute Gasteiger partial charge is 0.489 e. The minimum Gasteiger partial charge on any atom is -0.489 e. The van der Waals surface area contributed by atoms with Crippen LogP contribution in [0.5, 0.6) is 5.75 Å². The van der Waals surface area contributed by atoms with Crippen LogP contribution in [0, 0.1) is 0 Å². The van der Waals surface area contributed by atoms with Crippen LogP contribution in [0.3, 0.4) is 0 Å². The van der Waals surface area contributed by atoms with E-state index in [9.17, 15) is 0 Å². The number of ether oxygens (including phenoxy) is 2. The average molecular weight is 294 g/mol. The number of nitrogens with two attached hydrogens (primary N) is 1. The lowest BCUT2D eigenvalue weighted by Gasteiger charge is -2.43. The molecule has 2 aliphatic rings. The number of rotatable bonds is 3. The first-order chi connectivity index (χ1) is 9.80. The van der Waals surface area contributed by atoms with Crippen LogP contribution in [0.15, 0.2) is 18.3 Å². The molecular formula is C15H22N2O2S. The molecule has 0 aromatic carbocycles. The van der Waals surface area contributed by atoms with Gasteiger partial charge in [0.05, 0.1) is 24.1 Å². The van der Waals surface area contributed by atoms with Crippen molar-refractivity contribution in [3.05, 3.63) is 24.0 Å². The monoisotopic (exact) mass is 294 g/mol. The van der Waals surface area contributed by atoms with Gasteiger partial charge >= 0.3 is 0 Å². The highest BCUT2D eigenvalue weighted by Gasteiger charge is 2.39. The van der Waals surface area contributed by atoms with Crippen molar-refractivity contribution < 1.29 is 9.47 Å². The SMILES string of the molecule is NCc1ccc(OC2CCOC3(CCSCC3)C2)cn1. The van der Waals surface area contributed by atoms with Crippen LogP contribution < -0.4 is 10.5 Å². The van der Waals surface area contributed by atoms with E-state index in [0.717, 1.165) is 43.7 Å². The Kier molecular flexibility index (Phi) is 4.48. The molecule has 2 aliphatic heterocycles. The van der Waals surface area contributed by atoms with Crippen molar-refractivity contribution in [3.63, 3.8) is 0 Å². The Morgan fingerprint density at radius 1 is 1.40 bits per heavy atom. The molecule has 0 aliphatic carbocycles. The van der Waals surface area contributed by atoms with Gasteiger partial charge in [0.1, 0.15) is 11.9 Å². The first kappa shape index (κ1) is 14.2. The second-order valence-electron chi connectivity index (χ2n) is 5.57. The predicted octanol–water partition coefficient (Wildman–Crippen LogP) is 2.36. The Morgan fingerprint density at radius 3 is 2.95 bits per heavy atom. The van der Waals surface area contributed by atoms with Gasteiger partial charge in [-0.2, -0.15) is 11.8 Å². The second-order valence-corrected chi connectivity index (χ2v) is 6.79. The van der Waals surface area contributed by atoms with Gasteiger partial charge in [0.25, 0.3) is 0 Å². The van der Waals surface area contributed by atoms with Crippen molar-refractivity contribution in [2.45, 2.75) is 43.9 Å². The fraction of sp³-hybridized carbons (Fsp3) is 0.667. The van der Waals surface area contributed by atoms with Crippen LogP contribution in [-0.2, 0) is 11.3 Å². The fourth-order valence-corrected chi connectivity index (χ4v) is 4.21. The summed E-state index contributed by atoms with van der Waals surface area (Å²) in [6, 6.07) is 3.90. The summed E-state index contributed by atoms with van der Waals surface area (Å²) in [4.78, 5) is 4.28. The van der Waals surface area contributed by atoms with Gasteiger partial charge in [0, 0.05) is 19.4 Å². The molecule has 3 rings (SSSR count). The Labute approximate surface area is 124 Å². The van der Waals surface area contributed by atoms with Gasteiger partial charge in [-0.25, -0.2) is 0 Å². The molecule has 0 saturated carbocycles. The number of pyridine rings is 1. The van der Waals surface area contributed by atoms with Crippen LogP contribution >= 0.6 is 11.8 Å². The van der Waals surface area contributed by atoms with Crippen molar-refractivity contribution in [3.8, 4) is 5.75 Å². The van der Waals surface area contributed by atoms with E-state index in [4.69, 9.17) is 15.2 Å². The highest BCUT2D eigenvalue weighted by molar-refractivity contribution is 7.99. The fourth-order valence-electron chi connectivity index (χ4n) is 2.97. The minimum absolute atomic E-state index is 0.0682. The van der Waals surface area contributed by atoms with Gasteiger partial charge in [-0.05, 0) is 36.5 Å². The van der Waals surface area contributed by atoms with Crippen molar-refractivity contribution in [2.75, 3.05) is 18.1 Å². The summed E-state index contributed by atoms with van der Waals surface area (Å²) in [5, 5.41) is 0. The van der Waals surface area contributed by atoms with Gasteiger partial charge in [-0.3, -0.25) is 4.98 Å². The van der Waals surface area contributed by atoms with Gasteiger partial charge < -0.3 is 15.2 Å². The quantitative estimate of drug-likeness (QED) is 0.927. The maximum absolute atomic E-state index is 6.09. The van der Waals surface area contributed by atoms with Crippen LogP contribution in [0.4, 0.5) is 0 Å². The van der Waals surface area contributed by atoms with Crippen LogP contribution in [0.1, 0.15) is 31.4 Å². The topological polar surface area (TPSA) is 57.4 Å². The summed E-state index contributed by atoms with van der Waals surface area (Å²) in [5.41, 5.74) is 6.52. The Morgan fingerprint density at radius 2 is 2.25 bits per heavy atom. The van der Waals surface area contributed by atoms with Gasteiger partial charge in [0.2, 0.25) is 0 Å². The molecule has 2 N–H and O–H groups in total. The van der Waals surface area contributed by atoms with Crippen molar-refractivity contribution in [1.82, 2.24) is 4.98 Å². The Balaban J connectivity index is 1.61. The maximum atomic E-state index is 6.09. The third kappa shape index (κ3) is 3.27. The Bertz CT molecular complexity index is 426. The second kappa shape index (κ2) is 6.33. The van der Waals surface area contributed by atoms with E-state index in [-0.39, 0.29) is 11.7 Å². The molecule has 1 spiro atoms. The molecule has 1 atom stereocenters. The third-order valence-corrected chi connectivity index (χ3v) is 5.15. The summed E-state index contributed by atoms with van der Waals surface area (Å²) in [6.45, 7) is 1.28. The molecular weight excluding hydrogens is 272 g/mol. The smallest absolute Gasteiger partial charge is 0.138 e. The van der Waals surface area contributed by atoms with Crippen LogP contribution in [0.2, 0.25) is 0 Å². The summed E-state index contributed by atoms with van der Waals surface area (Å²) in [7, 11) is 0. The molecule has 0 amide bonds. The molecule has 20 heavy (non-hydrogen) atoms. The highest BCUT2D eigenvalue weighted by Crippen LogP contribution is 2.38. The van der Waals surface area contributed by atoms with Crippen molar-refractivity contribution in [1.29, 1.82) is 0 Å². The zero-order valence-corrected chi connectivity index (χ0v) is 12.5. The summed E-state index contributed by atoms with van der Waals surface area (Å²) >= 11 is 2.03. The maximum Gasteiger partial charge on any atom is 0.138 e. The molecule has 0 radical (unpaired) electrons. The molecule has 3 heterocycles. The summed E-state index contributed by atoms with van der Waals surface area (Å²) in [5.74, 6) is 3.26. The first-order valence-corrected chi connectivity index (χ1v) is 8.48. The van der Waals surface area contributed by atoms with Gasteiger partial charge in [-0.15, -0.1) is 0 Å². The molecule has 0 bridgehead atoms. The summed E-state index contributed by atoms with van der Waals surface area (Å²) in [6.07, 6.45) is 6.31. The number of hydrogen-bond acceptors (Lipinski definition) is 5. The standard InChI is InChI=1S/C15H22N2O2S/c16-10-12-1-2-14(11-17-12)19-13-3-6-18-15(9-13)4-7-20-8-5-15/h1-2,11,13H,3-10,16H2. The first-order valence-electron chi connectivity index (χ1n) is 7.33. The number of thioether (sulfide) groups is 1. The predicted molar refractivity (Wildman–Crippen MR) is 81.0 cm³/mol. The number of aromatic nitrogens is 1. The van der Waals surface area contributed by atoms with E-state index in [0.29, 0.717) is 6.54 Å². The molecule has 1 aromatic heterocycles. The summed E-state index contributed by atoms with van der Waals surface area (Å²) < 4.78 is 12.2. The molecule has 110 valence electrons. The normalized spacial score (nSPS) is 25.6. The van der Waals surface area contributed by atoms with E-state index in [2.05, 4.69) is 4.98 Å². The van der Waals surface area contributed by atoms with Gasteiger partial charge in [0.15, 0.2) is 0 Å². The van der Waals surface area contributed by atoms with Crippen LogP contribution in [-0.4, -0.2) is 34.8 Å². The zero-order valence-electron chi connectivity index (χ0n) is 11.7. The molecule has 2 fully saturated rings. The molecule has 1 aromatic rings. The van der Waals surface area contributed by atoms with Gasteiger partial charge in [-0.1, -0.05) is 0 Å². The van der Waals surface area contributed by atoms with E-state index in [1.54, 1.807) is 6.20 Å². The lowest BCUT2D eigenvalue weighted by Crippen LogP contribution is -2.46.